The Balaban J connectivity index is 1.77. The van der Waals surface area contributed by atoms with E-state index in [0.717, 1.165) is 20.8 Å². The van der Waals surface area contributed by atoms with Gasteiger partial charge in [0.1, 0.15) is 6.04 Å². The van der Waals surface area contributed by atoms with E-state index in [1.165, 1.54) is 0 Å². The van der Waals surface area contributed by atoms with Gasteiger partial charge in [0.15, 0.2) is 0 Å². The quantitative estimate of drug-likeness (QED) is 0.657. The molecule has 1 heterocycles. The molecule has 0 aliphatic rings. The zero-order chi connectivity index (χ0) is 17.8. The van der Waals surface area contributed by atoms with E-state index in [1.54, 1.807) is 17.4 Å². The van der Waals surface area contributed by atoms with Gasteiger partial charge in [-0.15, -0.1) is 11.3 Å². The second kappa shape index (κ2) is 7.31. The normalized spacial score (nSPS) is 11.9. The van der Waals surface area contributed by atoms with Gasteiger partial charge in [-0.2, -0.15) is 0 Å². The number of anilines is 1. The van der Waals surface area contributed by atoms with Crippen molar-refractivity contribution in [2.75, 3.05) is 5.32 Å². The van der Waals surface area contributed by atoms with Crippen molar-refractivity contribution >= 4 is 39.2 Å². The summed E-state index contributed by atoms with van der Waals surface area (Å²) < 4.78 is 0.998. The number of nitrogens with two attached hydrogens (primary N) is 1. The number of aryl methyl sites for hydroxylation is 1. The zero-order valence-electron chi connectivity index (χ0n) is 13.7. The molecule has 1 atom stereocenters. The van der Waals surface area contributed by atoms with Crippen molar-refractivity contribution in [1.29, 1.82) is 0 Å². The summed E-state index contributed by atoms with van der Waals surface area (Å²) in [7, 11) is 0. The van der Waals surface area contributed by atoms with E-state index in [-0.39, 0.29) is 5.91 Å². The van der Waals surface area contributed by atoms with Gasteiger partial charge in [0.25, 0.3) is 0 Å². The number of amides is 3. The summed E-state index contributed by atoms with van der Waals surface area (Å²) in [6.07, 6.45) is 0.359. The van der Waals surface area contributed by atoms with E-state index >= 15 is 0 Å². The Morgan fingerprint density at radius 3 is 2.68 bits per heavy atom. The molecule has 0 saturated carbocycles. The average molecular weight is 354 g/mol. The summed E-state index contributed by atoms with van der Waals surface area (Å²) >= 11 is 1.56. The maximum absolute atomic E-state index is 12.6. The SMILES string of the molecule is Cc1nc2ccc(NC(=O)C(Cc3ccccc3)NC(N)=O)cc2s1. The third-order valence-corrected chi connectivity index (χ3v) is 4.61. The molecule has 0 aliphatic heterocycles. The number of hydrogen-bond donors (Lipinski definition) is 3. The number of thiazole rings is 1. The molecule has 2 aromatic carbocycles. The molecule has 6 nitrogen and oxygen atoms in total. The fraction of sp³-hybridized carbons (Fsp3) is 0.167. The molecular formula is C18H18N4O2S. The largest absolute Gasteiger partial charge is 0.352 e. The Hall–Kier alpha value is -2.93. The van der Waals surface area contributed by atoms with Gasteiger partial charge in [0.05, 0.1) is 15.2 Å². The molecule has 0 aliphatic carbocycles. The van der Waals surface area contributed by atoms with E-state index in [4.69, 9.17) is 5.73 Å². The van der Waals surface area contributed by atoms with Crippen LogP contribution in [0.3, 0.4) is 0 Å². The van der Waals surface area contributed by atoms with Crippen molar-refractivity contribution in [3.05, 3.63) is 59.1 Å². The lowest BCUT2D eigenvalue weighted by atomic mass is 10.1. The number of urea groups is 1. The fourth-order valence-corrected chi connectivity index (χ4v) is 3.44. The second-order valence-corrected chi connectivity index (χ2v) is 6.89. The fourth-order valence-electron chi connectivity index (χ4n) is 2.58. The van der Waals surface area contributed by atoms with Crippen molar-refractivity contribution in [2.45, 2.75) is 19.4 Å². The number of rotatable bonds is 5. The van der Waals surface area contributed by atoms with Crippen molar-refractivity contribution in [3.8, 4) is 0 Å². The highest BCUT2D eigenvalue weighted by molar-refractivity contribution is 7.18. The van der Waals surface area contributed by atoms with E-state index in [0.29, 0.717) is 12.1 Å². The van der Waals surface area contributed by atoms with E-state index < -0.39 is 12.1 Å². The number of carbonyl (C=O) groups excluding carboxylic acids is 2. The molecule has 0 spiro atoms. The third-order valence-electron chi connectivity index (χ3n) is 3.68. The minimum atomic E-state index is -0.751. The lowest BCUT2D eigenvalue weighted by Gasteiger charge is -2.17. The summed E-state index contributed by atoms with van der Waals surface area (Å²) in [6.45, 7) is 1.94. The number of carbonyl (C=O) groups is 2. The molecule has 1 aromatic heterocycles. The number of nitrogens with zero attached hydrogens (tertiary/aromatic N) is 1. The molecule has 0 saturated heterocycles. The van der Waals surface area contributed by atoms with Gasteiger partial charge < -0.3 is 16.4 Å². The number of primary amides is 1. The molecule has 4 N–H and O–H groups in total. The highest BCUT2D eigenvalue weighted by Gasteiger charge is 2.20. The molecule has 3 amide bonds. The predicted molar refractivity (Wildman–Crippen MR) is 99.6 cm³/mol. The minimum absolute atomic E-state index is 0.316. The number of aromatic nitrogens is 1. The first-order valence-corrected chi connectivity index (χ1v) is 8.61. The van der Waals surface area contributed by atoms with Crippen LogP contribution in [0.1, 0.15) is 10.6 Å². The van der Waals surface area contributed by atoms with Crippen LogP contribution in [-0.4, -0.2) is 23.0 Å². The van der Waals surface area contributed by atoms with Crippen LogP contribution in [0, 0.1) is 6.92 Å². The number of hydrogen-bond acceptors (Lipinski definition) is 4. The monoisotopic (exact) mass is 354 g/mol. The first-order valence-electron chi connectivity index (χ1n) is 7.79. The first-order chi connectivity index (χ1) is 12.0. The first kappa shape index (κ1) is 16.9. The minimum Gasteiger partial charge on any atom is -0.352 e. The van der Waals surface area contributed by atoms with E-state index in [2.05, 4.69) is 15.6 Å². The smallest absolute Gasteiger partial charge is 0.312 e. The van der Waals surface area contributed by atoms with Gasteiger partial charge >= 0.3 is 6.03 Å². The van der Waals surface area contributed by atoms with Gasteiger partial charge in [0.2, 0.25) is 5.91 Å². The topological polar surface area (TPSA) is 97.1 Å². The van der Waals surface area contributed by atoms with Crippen LogP contribution in [0.2, 0.25) is 0 Å². The molecule has 25 heavy (non-hydrogen) atoms. The molecule has 7 heteroatoms. The van der Waals surface area contributed by atoms with Crippen molar-refractivity contribution in [3.63, 3.8) is 0 Å². The molecule has 1 unspecified atom stereocenters. The van der Waals surface area contributed by atoms with Crippen molar-refractivity contribution in [1.82, 2.24) is 10.3 Å². The van der Waals surface area contributed by atoms with Gasteiger partial charge in [-0.05, 0) is 30.7 Å². The second-order valence-electron chi connectivity index (χ2n) is 5.66. The highest BCUT2D eigenvalue weighted by atomic mass is 32.1. The van der Waals surface area contributed by atoms with Gasteiger partial charge in [-0.3, -0.25) is 4.79 Å². The van der Waals surface area contributed by atoms with Crippen LogP contribution < -0.4 is 16.4 Å². The van der Waals surface area contributed by atoms with E-state index in [9.17, 15) is 9.59 Å². The number of nitrogens with one attached hydrogen (secondary N) is 2. The molecule has 0 fully saturated rings. The maximum atomic E-state index is 12.6. The maximum Gasteiger partial charge on any atom is 0.312 e. The van der Waals surface area contributed by atoms with Crippen molar-refractivity contribution < 1.29 is 9.59 Å². The summed E-state index contributed by atoms with van der Waals surface area (Å²) in [5, 5.41) is 6.31. The predicted octanol–water partition coefficient (Wildman–Crippen LogP) is 2.82. The molecule has 3 aromatic rings. The van der Waals surface area contributed by atoms with Gasteiger partial charge in [0, 0.05) is 12.1 Å². The van der Waals surface area contributed by atoms with Gasteiger partial charge in [-0.25, -0.2) is 9.78 Å². The highest BCUT2D eigenvalue weighted by Crippen LogP contribution is 2.24. The van der Waals surface area contributed by atoms with Crippen LogP contribution in [-0.2, 0) is 11.2 Å². The standard InChI is InChI=1S/C18H18N4O2S/c1-11-20-14-8-7-13(10-16(14)25-11)21-17(23)15(22-18(19)24)9-12-5-3-2-4-6-12/h2-8,10,15H,9H2,1H3,(H,21,23)(H3,19,22,24). The molecule has 0 radical (unpaired) electrons. The van der Waals surface area contributed by atoms with Gasteiger partial charge in [-0.1, -0.05) is 30.3 Å². The van der Waals surface area contributed by atoms with Crippen LogP contribution >= 0.6 is 11.3 Å². The third kappa shape index (κ3) is 4.33. The Labute approximate surface area is 149 Å². The lowest BCUT2D eigenvalue weighted by Crippen LogP contribution is -2.47. The molecular weight excluding hydrogens is 336 g/mol. The van der Waals surface area contributed by atoms with Crippen molar-refractivity contribution in [2.24, 2.45) is 5.73 Å². The summed E-state index contributed by atoms with van der Waals surface area (Å²) in [5.41, 5.74) is 7.71. The van der Waals surface area contributed by atoms with Crippen LogP contribution in [0.25, 0.3) is 10.2 Å². The Morgan fingerprint density at radius 2 is 1.96 bits per heavy atom. The molecule has 128 valence electrons. The summed E-state index contributed by atoms with van der Waals surface area (Å²) in [6, 6.07) is 13.5. The summed E-state index contributed by atoms with van der Waals surface area (Å²) in [4.78, 5) is 28.3. The summed E-state index contributed by atoms with van der Waals surface area (Å²) in [5.74, 6) is -0.316. The van der Waals surface area contributed by atoms with Crippen LogP contribution in [0.4, 0.5) is 10.5 Å². The number of fused-ring (bicyclic) bond motifs is 1. The van der Waals surface area contributed by atoms with Crippen LogP contribution in [0.5, 0.6) is 0 Å². The molecule has 0 bridgehead atoms. The lowest BCUT2D eigenvalue weighted by molar-refractivity contribution is -0.117. The van der Waals surface area contributed by atoms with Crippen LogP contribution in [0.15, 0.2) is 48.5 Å². The Morgan fingerprint density at radius 1 is 1.20 bits per heavy atom. The number of benzene rings is 2. The zero-order valence-corrected chi connectivity index (χ0v) is 14.5. The average Bonchev–Trinajstić information content (AvgIpc) is 2.94. The molecule has 3 rings (SSSR count). The Kier molecular flexibility index (Phi) is 4.95. The van der Waals surface area contributed by atoms with E-state index in [1.807, 2.05) is 49.4 Å². The Bertz CT molecular complexity index is 908.